The number of amides is 1. The van der Waals surface area contributed by atoms with Gasteiger partial charge in [0, 0.05) is 18.3 Å². The predicted molar refractivity (Wildman–Crippen MR) is 84.4 cm³/mol. The highest BCUT2D eigenvalue weighted by molar-refractivity contribution is 8.00. The van der Waals surface area contributed by atoms with Crippen LogP contribution in [-0.2, 0) is 4.79 Å². The number of rotatable bonds is 8. The zero-order chi connectivity index (χ0) is 15.1. The molecule has 1 unspecified atom stereocenters. The van der Waals surface area contributed by atoms with Crippen LogP contribution >= 0.6 is 23.5 Å². The van der Waals surface area contributed by atoms with Crippen LogP contribution in [0.2, 0.25) is 0 Å². The van der Waals surface area contributed by atoms with Crippen LogP contribution in [0.3, 0.4) is 0 Å². The van der Waals surface area contributed by atoms with Crippen LogP contribution in [0, 0.1) is 0 Å². The fourth-order valence-electron chi connectivity index (χ4n) is 1.50. The molecule has 114 valence electrons. The Hall–Kier alpha value is -0.890. The lowest BCUT2D eigenvalue weighted by atomic mass is 10.4. The van der Waals surface area contributed by atoms with Gasteiger partial charge >= 0.3 is 0 Å². The molecule has 0 aliphatic rings. The summed E-state index contributed by atoms with van der Waals surface area (Å²) >= 11 is 2.93. The van der Waals surface area contributed by atoms with Gasteiger partial charge in [-0.15, -0.1) is 10.2 Å². The van der Waals surface area contributed by atoms with E-state index in [9.17, 15) is 4.79 Å². The van der Waals surface area contributed by atoms with Crippen molar-refractivity contribution < 1.29 is 4.79 Å². The molecule has 2 N–H and O–H groups in total. The molecule has 1 rings (SSSR count). The summed E-state index contributed by atoms with van der Waals surface area (Å²) in [4.78, 5) is 13.7. The van der Waals surface area contributed by atoms with E-state index in [-0.39, 0.29) is 5.91 Å². The Bertz CT molecular complexity index is 433. The summed E-state index contributed by atoms with van der Waals surface area (Å²) in [7, 11) is 0. The zero-order valence-corrected chi connectivity index (χ0v) is 14.1. The molecule has 0 spiro atoms. The van der Waals surface area contributed by atoms with Crippen molar-refractivity contribution in [2.45, 2.75) is 49.7 Å². The third-order valence-corrected chi connectivity index (χ3v) is 5.11. The van der Waals surface area contributed by atoms with E-state index in [1.807, 2.05) is 13.8 Å². The van der Waals surface area contributed by atoms with Crippen molar-refractivity contribution in [2.75, 3.05) is 24.7 Å². The predicted octanol–water partition coefficient (Wildman–Crippen LogP) is 1.84. The SMILES string of the molecule is CCC(C)Sc1nnc(SCC(=O)N(CC)CC)n1N. The molecule has 1 heterocycles. The Labute approximate surface area is 128 Å². The van der Waals surface area contributed by atoms with Crippen molar-refractivity contribution in [1.29, 1.82) is 0 Å². The van der Waals surface area contributed by atoms with E-state index in [2.05, 4.69) is 24.0 Å². The summed E-state index contributed by atoms with van der Waals surface area (Å²) in [6.45, 7) is 9.63. The quantitative estimate of drug-likeness (QED) is 0.582. The normalized spacial score (nSPS) is 12.4. The van der Waals surface area contributed by atoms with E-state index in [0.29, 0.717) is 21.3 Å². The summed E-state index contributed by atoms with van der Waals surface area (Å²) in [6.07, 6.45) is 1.04. The molecule has 0 saturated carbocycles. The van der Waals surface area contributed by atoms with Gasteiger partial charge in [-0.2, -0.15) is 0 Å². The van der Waals surface area contributed by atoms with Gasteiger partial charge < -0.3 is 10.7 Å². The second kappa shape index (κ2) is 8.41. The molecular formula is C12H23N5OS2. The topological polar surface area (TPSA) is 77.0 Å². The average Bonchev–Trinajstić information content (AvgIpc) is 2.78. The summed E-state index contributed by atoms with van der Waals surface area (Å²) in [5, 5.41) is 9.83. The largest absolute Gasteiger partial charge is 0.343 e. The summed E-state index contributed by atoms with van der Waals surface area (Å²) < 4.78 is 1.47. The van der Waals surface area contributed by atoms with E-state index in [0.717, 1.165) is 19.5 Å². The number of aromatic nitrogens is 3. The van der Waals surface area contributed by atoms with E-state index in [1.54, 1.807) is 16.7 Å². The third kappa shape index (κ3) is 4.59. The van der Waals surface area contributed by atoms with Gasteiger partial charge in [0.15, 0.2) is 0 Å². The lowest BCUT2D eigenvalue weighted by Gasteiger charge is -2.17. The number of carbonyl (C=O) groups is 1. The molecule has 6 nitrogen and oxygen atoms in total. The maximum absolute atomic E-state index is 11.9. The molecule has 1 aromatic rings. The van der Waals surface area contributed by atoms with Crippen LogP contribution in [0.1, 0.15) is 34.1 Å². The van der Waals surface area contributed by atoms with Crippen LogP contribution in [0.25, 0.3) is 0 Å². The third-order valence-electron chi connectivity index (χ3n) is 2.96. The summed E-state index contributed by atoms with van der Waals surface area (Å²) in [6, 6.07) is 0. The molecule has 0 radical (unpaired) electrons. The second-order valence-electron chi connectivity index (χ2n) is 4.33. The number of carbonyl (C=O) groups excluding carboxylic acids is 1. The van der Waals surface area contributed by atoms with Crippen LogP contribution in [-0.4, -0.2) is 49.8 Å². The maximum Gasteiger partial charge on any atom is 0.233 e. The van der Waals surface area contributed by atoms with Gasteiger partial charge in [0.25, 0.3) is 0 Å². The molecule has 0 aliphatic heterocycles. The Kier molecular flexibility index (Phi) is 7.22. The van der Waals surface area contributed by atoms with Gasteiger partial charge in [0.1, 0.15) is 0 Å². The fraction of sp³-hybridized carbons (Fsp3) is 0.750. The van der Waals surface area contributed by atoms with Crippen LogP contribution in [0.5, 0.6) is 0 Å². The molecule has 1 amide bonds. The molecule has 1 atom stereocenters. The van der Waals surface area contributed by atoms with Crippen LogP contribution in [0.4, 0.5) is 0 Å². The van der Waals surface area contributed by atoms with Crippen molar-refractivity contribution in [1.82, 2.24) is 19.8 Å². The molecule has 0 aliphatic carbocycles. The zero-order valence-electron chi connectivity index (χ0n) is 12.5. The van der Waals surface area contributed by atoms with Crippen molar-refractivity contribution in [3.63, 3.8) is 0 Å². The first-order chi connectivity index (χ1) is 9.53. The first-order valence-corrected chi connectivity index (χ1v) is 8.67. The van der Waals surface area contributed by atoms with Crippen molar-refractivity contribution in [2.24, 2.45) is 0 Å². The minimum atomic E-state index is 0.0964. The minimum absolute atomic E-state index is 0.0964. The molecule has 0 saturated heterocycles. The second-order valence-corrected chi connectivity index (χ2v) is 6.67. The first kappa shape index (κ1) is 17.2. The number of nitrogens with zero attached hydrogens (tertiary/aromatic N) is 4. The Balaban J connectivity index is 2.59. The maximum atomic E-state index is 11.9. The first-order valence-electron chi connectivity index (χ1n) is 6.81. The Morgan fingerprint density at radius 1 is 1.30 bits per heavy atom. The highest BCUT2D eigenvalue weighted by Gasteiger charge is 2.16. The number of hydrogen-bond acceptors (Lipinski definition) is 6. The number of nitrogen functional groups attached to an aromatic ring is 1. The Morgan fingerprint density at radius 3 is 2.45 bits per heavy atom. The molecule has 20 heavy (non-hydrogen) atoms. The molecule has 0 aromatic carbocycles. The van der Waals surface area contributed by atoms with Gasteiger partial charge in [-0.25, -0.2) is 4.68 Å². The van der Waals surface area contributed by atoms with Gasteiger partial charge in [0.05, 0.1) is 5.75 Å². The van der Waals surface area contributed by atoms with Crippen LogP contribution < -0.4 is 5.84 Å². The highest BCUT2D eigenvalue weighted by atomic mass is 32.2. The lowest BCUT2D eigenvalue weighted by Crippen LogP contribution is -2.32. The fourth-order valence-corrected chi connectivity index (χ4v) is 3.13. The van der Waals surface area contributed by atoms with Gasteiger partial charge in [0.2, 0.25) is 16.2 Å². The lowest BCUT2D eigenvalue weighted by molar-refractivity contribution is -0.127. The minimum Gasteiger partial charge on any atom is -0.343 e. The van der Waals surface area contributed by atoms with Crippen LogP contribution in [0.15, 0.2) is 10.3 Å². The number of hydrogen-bond donors (Lipinski definition) is 1. The van der Waals surface area contributed by atoms with E-state index < -0.39 is 0 Å². The summed E-state index contributed by atoms with van der Waals surface area (Å²) in [5.41, 5.74) is 0. The molecule has 0 fully saturated rings. The smallest absolute Gasteiger partial charge is 0.233 e. The monoisotopic (exact) mass is 317 g/mol. The standard InChI is InChI=1S/C12H23N5OS2/c1-5-9(4)20-12-15-14-11(17(12)13)19-8-10(18)16(6-2)7-3/h9H,5-8,13H2,1-4H3. The Morgan fingerprint density at radius 2 is 1.90 bits per heavy atom. The summed E-state index contributed by atoms with van der Waals surface area (Å²) in [5.74, 6) is 6.39. The van der Waals surface area contributed by atoms with Crippen molar-refractivity contribution >= 4 is 29.4 Å². The molecule has 8 heteroatoms. The molecular weight excluding hydrogens is 294 g/mol. The molecule has 0 bridgehead atoms. The number of thioether (sulfide) groups is 2. The van der Waals surface area contributed by atoms with Crippen molar-refractivity contribution in [3.05, 3.63) is 0 Å². The van der Waals surface area contributed by atoms with E-state index in [1.165, 1.54) is 16.4 Å². The van der Waals surface area contributed by atoms with Crippen molar-refractivity contribution in [3.8, 4) is 0 Å². The van der Waals surface area contributed by atoms with Gasteiger partial charge in [-0.1, -0.05) is 37.4 Å². The highest BCUT2D eigenvalue weighted by Crippen LogP contribution is 2.25. The molecule has 1 aromatic heterocycles. The van der Waals surface area contributed by atoms with Gasteiger partial charge in [-0.05, 0) is 20.3 Å². The van der Waals surface area contributed by atoms with E-state index >= 15 is 0 Å². The average molecular weight is 317 g/mol. The van der Waals surface area contributed by atoms with E-state index in [4.69, 9.17) is 5.84 Å². The number of nitrogens with two attached hydrogens (primary N) is 1. The van der Waals surface area contributed by atoms with Gasteiger partial charge in [-0.3, -0.25) is 4.79 Å².